The van der Waals surface area contributed by atoms with Crippen molar-refractivity contribution in [2.24, 2.45) is 0 Å². The molecule has 154 valence electrons. The highest BCUT2D eigenvalue weighted by molar-refractivity contribution is 6.32. The van der Waals surface area contributed by atoms with E-state index in [1.165, 1.54) is 0 Å². The van der Waals surface area contributed by atoms with E-state index in [1.807, 2.05) is 19.1 Å². The molecule has 1 aromatic carbocycles. The van der Waals surface area contributed by atoms with Crippen LogP contribution in [0.15, 0.2) is 53.3 Å². The Balaban J connectivity index is 1.37. The molecular weight excluding hydrogens is 416 g/mol. The van der Waals surface area contributed by atoms with Gasteiger partial charge >= 0.3 is 0 Å². The molecule has 0 atom stereocenters. The van der Waals surface area contributed by atoms with E-state index >= 15 is 0 Å². The molecule has 3 heterocycles. The number of aromatic amines is 1. The highest BCUT2D eigenvalue weighted by Gasteiger charge is 2.14. The first-order valence-electron chi connectivity index (χ1n) is 9.46. The minimum Gasteiger partial charge on any atom is -0.361 e. The van der Waals surface area contributed by atoms with Crippen molar-refractivity contribution in [2.75, 3.05) is 6.54 Å². The number of amides is 1. The summed E-state index contributed by atoms with van der Waals surface area (Å²) in [5.41, 5.74) is 4.43. The van der Waals surface area contributed by atoms with Crippen LogP contribution in [0.5, 0.6) is 0 Å². The van der Waals surface area contributed by atoms with Gasteiger partial charge in [0.25, 0.3) is 5.91 Å². The largest absolute Gasteiger partial charge is 0.361 e. The van der Waals surface area contributed by atoms with Crippen molar-refractivity contribution in [1.29, 1.82) is 5.26 Å². The lowest BCUT2D eigenvalue weighted by atomic mass is 10.0. The summed E-state index contributed by atoms with van der Waals surface area (Å²) in [6, 6.07) is 12.7. The van der Waals surface area contributed by atoms with Gasteiger partial charge in [0.2, 0.25) is 0 Å². The van der Waals surface area contributed by atoms with Gasteiger partial charge in [-0.15, -0.1) is 0 Å². The van der Waals surface area contributed by atoms with Crippen molar-refractivity contribution in [1.82, 2.24) is 25.7 Å². The van der Waals surface area contributed by atoms with Gasteiger partial charge in [-0.2, -0.15) is 10.4 Å². The first-order chi connectivity index (χ1) is 15.1. The van der Waals surface area contributed by atoms with Crippen LogP contribution in [0.4, 0.5) is 0 Å². The number of carbonyl (C=O) groups is 1. The number of hydrogen-bond acceptors (Lipinski definition) is 6. The fourth-order valence-electron chi connectivity index (χ4n) is 3.10. The molecule has 1 amide bonds. The topological polar surface area (TPSA) is 120 Å². The number of H-pyrrole nitrogens is 1. The third kappa shape index (κ3) is 4.32. The third-order valence-electron chi connectivity index (χ3n) is 4.78. The van der Waals surface area contributed by atoms with Gasteiger partial charge < -0.3 is 9.84 Å². The van der Waals surface area contributed by atoms with Crippen LogP contribution in [-0.4, -0.2) is 32.8 Å². The number of carbonyl (C=O) groups excluding carboxylic acids is 1. The second kappa shape index (κ2) is 8.81. The molecule has 0 unspecified atom stereocenters. The number of nitrogens with one attached hydrogen (secondary N) is 2. The summed E-state index contributed by atoms with van der Waals surface area (Å²) in [6.07, 6.45) is 3.82. The number of pyridine rings is 1. The van der Waals surface area contributed by atoms with Gasteiger partial charge in [0.05, 0.1) is 16.3 Å². The van der Waals surface area contributed by atoms with E-state index in [0.717, 1.165) is 16.7 Å². The van der Waals surface area contributed by atoms with Crippen LogP contribution in [0.1, 0.15) is 27.4 Å². The summed E-state index contributed by atoms with van der Waals surface area (Å²) in [5, 5.41) is 23.3. The Bertz CT molecular complexity index is 1270. The first kappa shape index (κ1) is 20.3. The molecular formula is C22H17ClN6O2. The van der Waals surface area contributed by atoms with Crippen LogP contribution in [0, 0.1) is 18.3 Å². The molecule has 0 bridgehead atoms. The van der Waals surface area contributed by atoms with E-state index in [1.54, 1.807) is 36.7 Å². The first-order valence-corrected chi connectivity index (χ1v) is 9.84. The maximum absolute atomic E-state index is 12.4. The SMILES string of the molecule is Cc1c(-c2cc(CCNC(=O)c3cc(-c4cccnc4)n[nH]3)on2)ccc(C#N)c1Cl. The summed E-state index contributed by atoms with van der Waals surface area (Å²) in [4.78, 5) is 16.4. The van der Waals surface area contributed by atoms with Crippen molar-refractivity contribution in [3.8, 4) is 28.6 Å². The van der Waals surface area contributed by atoms with Gasteiger partial charge in [0.1, 0.15) is 23.2 Å². The average Bonchev–Trinajstić information content (AvgIpc) is 3.46. The molecule has 0 aliphatic heterocycles. The quantitative estimate of drug-likeness (QED) is 0.476. The molecule has 8 nitrogen and oxygen atoms in total. The van der Waals surface area contributed by atoms with Gasteiger partial charge in [-0.25, -0.2) is 0 Å². The van der Waals surface area contributed by atoms with Crippen LogP contribution in [0.25, 0.3) is 22.5 Å². The molecule has 0 aliphatic carbocycles. The van der Waals surface area contributed by atoms with Crippen LogP contribution < -0.4 is 5.32 Å². The Morgan fingerprint density at radius 1 is 1.29 bits per heavy atom. The predicted octanol–water partition coefficient (Wildman–Crippen LogP) is 3.93. The predicted molar refractivity (Wildman–Crippen MR) is 114 cm³/mol. The molecule has 0 spiro atoms. The molecule has 4 aromatic rings. The molecule has 0 aliphatic rings. The lowest BCUT2D eigenvalue weighted by molar-refractivity contribution is 0.0948. The van der Waals surface area contributed by atoms with Gasteiger partial charge in [-0.05, 0) is 36.8 Å². The van der Waals surface area contributed by atoms with Crippen molar-refractivity contribution in [3.05, 3.63) is 76.4 Å². The van der Waals surface area contributed by atoms with E-state index in [-0.39, 0.29) is 5.91 Å². The van der Waals surface area contributed by atoms with E-state index in [2.05, 4.69) is 31.7 Å². The van der Waals surface area contributed by atoms with Crippen molar-refractivity contribution < 1.29 is 9.32 Å². The zero-order valence-corrected chi connectivity index (χ0v) is 17.3. The Morgan fingerprint density at radius 3 is 2.94 bits per heavy atom. The number of aromatic nitrogens is 4. The molecule has 0 radical (unpaired) electrons. The van der Waals surface area contributed by atoms with E-state index in [9.17, 15) is 4.79 Å². The standard InChI is InChI=1S/C22H17ClN6O2/c1-13-17(5-4-14(11-24)21(13)23)19-9-16(31-29-19)6-8-26-22(30)20-10-18(27-28-20)15-3-2-7-25-12-15/h2-5,7,9-10,12H,6,8H2,1H3,(H,26,30)(H,27,28). The van der Waals surface area contributed by atoms with Crippen LogP contribution in [0.3, 0.4) is 0 Å². The minimum absolute atomic E-state index is 0.267. The fourth-order valence-corrected chi connectivity index (χ4v) is 3.31. The minimum atomic E-state index is -0.267. The molecule has 9 heteroatoms. The van der Waals surface area contributed by atoms with Gasteiger partial charge in [0.15, 0.2) is 0 Å². The van der Waals surface area contributed by atoms with E-state index in [0.29, 0.717) is 46.4 Å². The smallest absolute Gasteiger partial charge is 0.269 e. The Hall–Kier alpha value is -3.96. The molecule has 0 saturated carbocycles. The number of rotatable bonds is 6. The number of halogens is 1. The van der Waals surface area contributed by atoms with Crippen molar-refractivity contribution in [2.45, 2.75) is 13.3 Å². The van der Waals surface area contributed by atoms with Gasteiger partial charge in [-0.3, -0.25) is 14.9 Å². The Labute approximate surface area is 182 Å². The second-order valence-corrected chi connectivity index (χ2v) is 7.18. The lowest BCUT2D eigenvalue weighted by Gasteiger charge is -2.05. The molecule has 3 aromatic heterocycles. The van der Waals surface area contributed by atoms with E-state index in [4.69, 9.17) is 21.4 Å². The zero-order valence-electron chi connectivity index (χ0n) is 16.5. The Morgan fingerprint density at radius 2 is 2.16 bits per heavy atom. The second-order valence-electron chi connectivity index (χ2n) is 6.80. The summed E-state index contributed by atoms with van der Waals surface area (Å²) in [6.45, 7) is 2.19. The van der Waals surface area contributed by atoms with Crippen LogP contribution >= 0.6 is 11.6 Å². The van der Waals surface area contributed by atoms with Crippen LogP contribution in [-0.2, 0) is 6.42 Å². The maximum Gasteiger partial charge on any atom is 0.269 e. The lowest BCUT2D eigenvalue weighted by Crippen LogP contribution is -2.25. The highest BCUT2D eigenvalue weighted by atomic mass is 35.5. The summed E-state index contributed by atoms with van der Waals surface area (Å²) >= 11 is 6.23. The number of nitriles is 1. The normalized spacial score (nSPS) is 10.6. The third-order valence-corrected chi connectivity index (χ3v) is 5.27. The highest BCUT2D eigenvalue weighted by Crippen LogP contribution is 2.30. The average molecular weight is 433 g/mol. The van der Waals surface area contributed by atoms with E-state index < -0.39 is 0 Å². The molecule has 4 rings (SSSR count). The summed E-state index contributed by atoms with van der Waals surface area (Å²) in [7, 11) is 0. The number of benzene rings is 1. The summed E-state index contributed by atoms with van der Waals surface area (Å²) in [5.74, 6) is 0.355. The molecule has 0 saturated heterocycles. The van der Waals surface area contributed by atoms with Crippen molar-refractivity contribution >= 4 is 17.5 Å². The maximum atomic E-state index is 12.4. The Kier molecular flexibility index (Phi) is 5.78. The molecule has 0 fully saturated rings. The number of hydrogen-bond donors (Lipinski definition) is 2. The fraction of sp³-hybridized carbons (Fsp3) is 0.136. The van der Waals surface area contributed by atoms with Gasteiger partial charge in [0, 0.05) is 42.6 Å². The molecule has 31 heavy (non-hydrogen) atoms. The monoisotopic (exact) mass is 432 g/mol. The van der Waals surface area contributed by atoms with Crippen molar-refractivity contribution in [3.63, 3.8) is 0 Å². The molecule has 2 N–H and O–H groups in total. The number of nitrogens with zero attached hydrogens (tertiary/aromatic N) is 4. The van der Waals surface area contributed by atoms with Gasteiger partial charge in [-0.1, -0.05) is 22.8 Å². The summed E-state index contributed by atoms with van der Waals surface area (Å²) < 4.78 is 5.38. The van der Waals surface area contributed by atoms with Crippen LogP contribution in [0.2, 0.25) is 5.02 Å². The zero-order chi connectivity index (χ0) is 21.8.